The van der Waals surface area contributed by atoms with Crippen LogP contribution in [0.25, 0.3) is 11.4 Å². The van der Waals surface area contributed by atoms with Crippen LogP contribution in [0.1, 0.15) is 68.4 Å². The summed E-state index contributed by atoms with van der Waals surface area (Å²) in [5, 5.41) is 9.55. The van der Waals surface area contributed by atoms with Crippen LogP contribution in [0.15, 0.2) is 39.0 Å². The van der Waals surface area contributed by atoms with Crippen molar-refractivity contribution in [3.63, 3.8) is 0 Å². The maximum atomic E-state index is 13.0. The lowest BCUT2D eigenvalue weighted by Gasteiger charge is -2.20. The molecular weight excluding hydrogens is 464 g/mol. The Balaban J connectivity index is 1.65. The second kappa shape index (κ2) is 9.49. The highest BCUT2D eigenvalue weighted by atomic mass is 32.2. The van der Waals surface area contributed by atoms with Crippen molar-refractivity contribution in [1.29, 1.82) is 0 Å². The summed E-state index contributed by atoms with van der Waals surface area (Å²) < 4.78 is 4.15. The summed E-state index contributed by atoms with van der Waals surface area (Å²) in [7, 11) is 2.77. The summed E-state index contributed by atoms with van der Waals surface area (Å²) in [6.07, 6.45) is 4.33. The Morgan fingerprint density at radius 2 is 1.69 bits per heavy atom. The predicted octanol–water partition coefficient (Wildman–Crippen LogP) is 3.31. The molecule has 0 unspecified atom stereocenters. The zero-order chi connectivity index (χ0) is 25.5. The first-order chi connectivity index (χ1) is 16.5. The molecule has 0 spiro atoms. The van der Waals surface area contributed by atoms with Gasteiger partial charge in [-0.1, -0.05) is 69.6 Å². The van der Waals surface area contributed by atoms with Gasteiger partial charge in [-0.2, -0.15) is 0 Å². The van der Waals surface area contributed by atoms with E-state index in [1.807, 2.05) is 0 Å². The van der Waals surface area contributed by atoms with Crippen molar-refractivity contribution in [3.05, 3.63) is 56.2 Å². The quantitative estimate of drug-likeness (QED) is 0.411. The minimum absolute atomic E-state index is 0.0363. The highest BCUT2D eigenvalue weighted by molar-refractivity contribution is 7.99. The van der Waals surface area contributed by atoms with Gasteiger partial charge in [0.1, 0.15) is 11.4 Å². The molecule has 0 saturated heterocycles. The van der Waals surface area contributed by atoms with Crippen LogP contribution in [0, 0.1) is 0 Å². The van der Waals surface area contributed by atoms with Gasteiger partial charge in [0.25, 0.3) is 5.56 Å². The van der Waals surface area contributed by atoms with Crippen LogP contribution < -0.4 is 17.0 Å². The first kappa shape index (κ1) is 25.0. The van der Waals surface area contributed by atoms with E-state index in [0.717, 1.165) is 46.2 Å². The van der Waals surface area contributed by atoms with Gasteiger partial charge in [0, 0.05) is 25.7 Å². The third-order valence-corrected chi connectivity index (χ3v) is 7.63. The van der Waals surface area contributed by atoms with Crippen molar-refractivity contribution >= 4 is 23.4 Å². The van der Waals surface area contributed by atoms with E-state index in [1.54, 1.807) is 0 Å². The van der Waals surface area contributed by atoms with E-state index in [9.17, 15) is 14.4 Å². The number of Topliss-reactive ketones (excluding diaryl/α,β-unsaturated/α-hetero) is 1. The van der Waals surface area contributed by atoms with Crippen molar-refractivity contribution in [3.8, 4) is 11.4 Å². The average Bonchev–Trinajstić information content (AvgIpc) is 3.49. The lowest BCUT2D eigenvalue weighted by Crippen LogP contribution is -2.41. The van der Waals surface area contributed by atoms with Crippen molar-refractivity contribution in [2.45, 2.75) is 63.1 Å². The van der Waals surface area contributed by atoms with Gasteiger partial charge in [-0.25, -0.2) is 4.79 Å². The summed E-state index contributed by atoms with van der Waals surface area (Å²) in [5.74, 6) is 0.178. The Hall–Kier alpha value is -3.14. The first-order valence-electron chi connectivity index (χ1n) is 11.8. The Morgan fingerprint density at radius 1 is 1.06 bits per heavy atom. The van der Waals surface area contributed by atoms with Gasteiger partial charge < -0.3 is 5.73 Å². The van der Waals surface area contributed by atoms with Crippen molar-refractivity contribution < 1.29 is 4.79 Å². The fraction of sp³-hybridized carbons (Fsp3) is 0.480. The topological polar surface area (TPSA) is 118 Å². The number of carbonyl (C=O) groups excluding carboxylic acids is 1. The molecule has 0 radical (unpaired) electrons. The monoisotopic (exact) mass is 496 g/mol. The number of anilines is 1. The minimum Gasteiger partial charge on any atom is -0.384 e. The van der Waals surface area contributed by atoms with E-state index in [0.29, 0.717) is 5.16 Å². The van der Waals surface area contributed by atoms with Crippen LogP contribution in [0.2, 0.25) is 0 Å². The van der Waals surface area contributed by atoms with Crippen LogP contribution in [-0.2, 0) is 19.5 Å². The summed E-state index contributed by atoms with van der Waals surface area (Å²) in [6, 6.07) is 8.65. The van der Waals surface area contributed by atoms with E-state index in [4.69, 9.17) is 5.73 Å². The fourth-order valence-corrected chi connectivity index (χ4v) is 5.39. The maximum Gasteiger partial charge on any atom is 0.332 e. The Morgan fingerprint density at radius 3 is 2.29 bits per heavy atom. The molecule has 2 heterocycles. The second-order valence-corrected chi connectivity index (χ2v) is 11.1. The molecule has 1 aromatic carbocycles. The van der Waals surface area contributed by atoms with Gasteiger partial charge in [0.2, 0.25) is 0 Å². The molecule has 1 aliphatic rings. The standard InChI is InChI=1S/C25H32N6O3S/c1-25(2,3)16-12-10-15(11-13-16)21-27-28-23(31(21)17-8-6-7-9-17)35-14-18(32)19-20(26)29(4)24(34)30(5)22(19)33/h10-13,17H,6-9,14,26H2,1-5H3. The molecule has 186 valence electrons. The molecule has 35 heavy (non-hydrogen) atoms. The van der Waals surface area contributed by atoms with Crippen LogP contribution in [0.3, 0.4) is 0 Å². The molecule has 0 amide bonds. The number of ketones is 1. The predicted molar refractivity (Wildman–Crippen MR) is 138 cm³/mol. The molecule has 4 rings (SSSR count). The number of nitrogen functional groups attached to an aromatic ring is 1. The van der Waals surface area contributed by atoms with Gasteiger partial charge in [-0.15, -0.1) is 10.2 Å². The molecule has 3 aromatic rings. The number of rotatable bonds is 6. The van der Waals surface area contributed by atoms with Crippen molar-refractivity contribution in [1.82, 2.24) is 23.9 Å². The average molecular weight is 497 g/mol. The molecule has 1 saturated carbocycles. The SMILES string of the molecule is Cn1c(N)c(C(=O)CSc2nnc(-c3ccc(C(C)(C)C)cc3)n2C2CCCC2)c(=O)n(C)c1=O. The van der Waals surface area contributed by atoms with E-state index >= 15 is 0 Å². The molecule has 0 bridgehead atoms. The molecule has 1 aliphatic carbocycles. The van der Waals surface area contributed by atoms with Gasteiger partial charge in [0.05, 0.1) is 5.75 Å². The molecule has 10 heteroatoms. The van der Waals surface area contributed by atoms with E-state index in [2.05, 4.69) is 59.8 Å². The normalized spacial score (nSPS) is 14.5. The summed E-state index contributed by atoms with van der Waals surface area (Å²) >= 11 is 1.24. The van der Waals surface area contributed by atoms with Gasteiger partial charge >= 0.3 is 5.69 Å². The number of aromatic nitrogens is 5. The van der Waals surface area contributed by atoms with Crippen LogP contribution in [0.5, 0.6) is 0 Å². The molecule has 9 nitrogen and oxygen atoms in total. The summed E-state index contributed by atoms with van der Waals surface area (Å²) in [6.45, 7) is 6.54. The zero-order valence-electron chi connectivity index (χ0n) is 20.9. The molecule has 0 atom stereocenters. The van der Waals surface area contributed by atoms with E-state index < -0.39 is 17.0 Å². The number of carbonyl (C=O) groups is 1. The Kier molecular flexibility index (Phi) is 6.77. The Labute approximate surface area is 208 Å². The second-order valence-electron chi connectivity index (χ2n) is 10.1. The number of nitrogens with zero attached hydrogens (tertiary/aromatic N) is 5. The Bertz CT molecular complexity index is 1370. The lowest BCUT2D eigenvalue weighted by molar-refractivity contribution is 0.102. The number of hydrogen-bond acceptors (Lipinski definition) is 7. The maximum absolute atomic E-state index is 13.0. The molecule has 1 fully saturated rings. The highest BCUT2D eigenvalue weighted by Crippen LogP contribution is 2.37. The lowest BCUT2D eigenvalue weighted by atomic mass is 9.86. The number of thioether (sulfide) groups is 1. The number of hydrogen-bond donors (Lipinski definition) is 1. The van der Waals surface area contributed by atoms with Gasteiger partial charge in [-0.3, -0.25) is 23.3 Å². The number of nitrogens with two attached hydrogens (primary N) is 1. The van der Waals surface area contributed by atoms with Crippen LogP contribution in [0.4, 0.5) is 5.82 Å². The van der Waals surface area contributed by atoms with Crippen LogP contribution >= 0.6 is 11.8 Å². The third kappa shape index (κ3) is 4.71. The van der Waals surface area contributed by atoms with Crippen molar-refractivity contribution in [2.24, 2.45) is 14.1 Å². The van der Waals surface area contributed by atoms with Crippen molar-refractivity contribution in [2.75, 3.05) is 11.5 Å². The molecule has 0 aliphatic heterocycles. The van der Waals surface area contributed by atoms with Gasteiger partial charge in [-0.05, 0) is 23.8 Å². The highest BCUT2D eigenvalue weighted by Gasteiger charge is 2.27. The van der Waals surface area contributed by atoms with Crippen LogP contribution in [-0.4, -0.2) is 35.4 Å². The number of benzene rings is 1. The van der Waals surface area contributed by atoms with Gasteiger partial charge in [0.15, 0.2) is 16.8 Å². The largest absolute Gasteiger partial charge is 0.384 e. The smallest absolute Gasteiger partial charge is 0.332 e. The first-order valence-corrected chi connectivity index (χ1v) is 12.8. The van der Waals surface area contributed by atoms with E-state index in [1.165, 1.54) is 31.4 Å². The molecular formula is C25H32N6O3S. The molecule has 2 N–H and O–H groups in total. The minimum atomic E-state index is -0.687. The summed E-state index contributed by atoms with van der Waals surface area (Å²) in [4.78, 5) is 37.7. The molecule has 2 aromatic heterocycles. The summed E-state index contributed by atoms with van der Waals surface area (Å²) in [5.41, 5.74) is 6.80. The zero-order valence-corrected chi connectivity index (χ0v) is 21.7. The fourth-order valence-electron chi connectivity index (χ4n) is 4.51. The van der Waals surface area contributed by atoms with E-state index in [-0.39, 0.29) is 28.6 Å². The third-order valence-electron chi connectivity index (χ3n) is 6.68.